The Balaban J connectivity index is 2.16. The Morgan fingerprint density at radius 2 is 2.17 bits per heavy atom. The van der Waals surface area contributed by atoms with Crippen LogP contribution in [0.1, 0.15) is 32.6 Å². The largest absolute Gasteiger partial charge is 0.327 e. The minimum absolute atomic E-state index is 0.490. The predicted octanol–water partition coefficient (Wildman–Crippen LogP) is 2.50. The van der Waals surface area contributed by atoms with E-state index in [1.54, 1.807) is 0 Å². The molecule has 3 unspecified atom stereocenters. The molecule has 1 nitrogen and oxygen atoms in total. The van der Waals surface area contributed by atoms with Crippen molar-refractivity contribution in [3.05, 3.63) is 0 Å². The van der Waals surface area contributed by atoms with Crippen LogP contribution in [0.4, 0.5) is 0 Å². The molecule has 1 aliphatic carbocycles. The van der Waals surface area contributed by atoms with Crippen molar-refractivity contribution < 1.29 is 0 Å². The molecule has 0 aromatic rings. The summed E-state index contributed by atoms with van der Waals surface area (Å²) in [5.41, 5.74) is 5.97. The summed E-state index contributed by atoms with van der Waals surface area (Å²) < 4.78 is 0. The van der Waals surface area contributed by atoms with Crippen molar-refractivity contribution in [2.45, 2.75) is 38.6 Å². The summed E-state index contributed by atoms with van der Waals surface area (Å²) >= 11 is 1.96. The van der Waals surface area contributed by atoms with Gasteiger partial charge in [-0.2, -0.15) is 11.8 Å². The summed E-state index contributed by atoms with van der Waals surface area (Å²) in [6.07, 6.45) is 7.59. The highest BCUT2D eigenvalue weighted by Crippen LogP contribution is 2.33. The van der Waals surface area contributed by atoms with E-state index in [1.807, 2.05) is 11.8 Å². The molecule has 1 aliphatic rings. The zero-order valence-electron chi connectivity index (χ0n) is 8.25. The molecule has 1 fully saturated rings. The van der Waals surface area contributed by atoms with Gasteiger partial charge in [-0.25, -0.2) is 0 Å². The fraction of sp³-hybridized carbons (Fsp3) is 1.00. The van der Waals surface area contributed by atoms with Crippen LogP contribution in [-0.2, 0) is 0 Å². The summed E-state index contributed by atoms with van der Waals surface area (Å²) in [6.45, 7) is 2.32. The average molecular weight is 187 g/mol. The fourth-order valence-corrected chi connectivity index (χ4v) is 2.63. The molecule has 2 N–H and O–H groups in total. The molecule has 0 saturated heterocycles. The van der Waals surface area contributed by atoms with Crippen molar-refractivity contribution in [2.75, 3.05) is 12.0 Å². The lowest BCUT2D eigenvalue weighted by Crippen LogP contribution is -2.25. The molecule has 1 rings (SSSR count). The van der Waals surface area contributed by atoms with Gasteiger partial charge in [0.15, 0.2) is 0 Å². The van der Waals surface area contributed by atoms with Gasteiger partial charge in [-0.15, -0.1) is 0 Å². The van der Waals surface area contributed by atoms with Gasteiger partial charge in [-0.3, -0.25) is 0 Å². The Bertz CT molecular complexity index is 127. The maximum absolute atomic E-state index is 5.97. The van der Waals surface area contributed by atoms with Gasteiger partial charge in [0, 0.05) is 6.04 Å². The standard InChI is InChI=1S/C10H21NS/c1-8-9(4-3-7-12-2)5-6-10(8)11/h8-10H,3-7,11H2,1-2H3. The highest BCUT2D eigenvalue weighted by molar-refractivity contribution is 7.98. The summed E-state index contributed by atoms with van der Waals surface area (Å²) in [5.74, 6) is 3.01. The first-order valence-electron chi connectivity index (χ1n) is 5.00. The van der Waals surface area contributed by atoms with Gasteiger partial charge >= 0.3 is 0 Å². The molecule has 0 aromatic carbocycles. The zero-order valence-corrected chi connectivity index (χ0v) is 9.07. The van der Waals surface area contributed by atoms with Crippen LogP contribution >= 0.6 is 11.8 Å². The molecule has 72 valence electrons. The number of thioether (sulfide) groups is 1. The van der Waals surface area contributed by atoms with Crippen molar-refractivity contribution >= 4 is 11.8 Å². The third kappa shape index (κ3) is 2.67. The van der Waals surface area contributed by atoms with E-state index >= 15 is 0 Å². The number of hydrogen-bond donors (Lipinski definition) is 1. The monoisotopic (exact) mass is 187 g/mol. The van der Waals surface area contributed by atoms with E-state index in [-0.39, 0.29) is 0 Å². The topological polar surface area (TPSA) is 26.0 Å². The second-order valence-electron chi connectivity index (χ2n) is 4.00. The third-order valence-electron chi connectivity index (χ3n) is 3.21. The molecule has 1 saturated carbocycles. The van der Waals surface area contributed by atoms with E-state index in [4.69, 9.17) is 5.73 Å². The minimum atomic E-state index is 0.490. The summed E-state index contributed by atoms with van der Waals surface area (Å²) in [4.78, 5) is 0. The summed E-state index contributed by atoms with van der Waals surface area (Å²) in [5, 5.41) is 0. The van der Waals surface area contributed by atoms with Crippen molar-refractivity contribution in [1.29, 1.82) is 0 Å². The van der Waals surface area contributed by atoms with E-state index in [2.05, 4.69) is 13.2 Å². The number of nitrogens with two attached hydrogens (primary N) is 1. The second kappa shape index (κ2) is 5.13. The van der Waals surface area contributed by atoms with Crippen LogP contribution < -0.4 is 5.73 Å². The van der Waals surface area contributed by atoms with Gasteiger partial charge in [-0.05, 0) is 49.5 Å². The van der Waals surface area contributed by atoms with E-state index in [1.165, 1.54) is 31.4 Å². The second-order valence-corrected chi connectivity index (χ2v) is 4.98. The minimum Gasteiger partial charge on any atom is -0.327 e. The molecule has 0 heterocycles. The predicted molar refractivity (Wildman–Crippen MR) is 57.5 cm³/mol. The molecule has 0 amide bonds. The van der Waals surface area contributed by atoms with Crippen LogP contribution in [0, 0.1) is 11.8 Å². The lowest BCUT2D eigenvalue weighted by molar-refractivity contribution is 0.368. The molecule has 0 aromatic heterocycles. The molecule has 0 spiro atoms. The van der Waals surface area contributed by atoms with Crippen LogP contribution in [0.15, 0.2) is 0 Å². The Labute approximate surface area is 80.5 Å². The van der Waals surface area contributed by atoms with Crippen molar-refractivity contribution in [2.24, 2.45) is 17.6 Å². The molecule has 12 heavy (non-hydrogen) atoms. The first-order valence-corrected chi connectivity index (χ1v) is 6.39. The van der Waals surface area contributed by atoms with E-state index < -0.39 is 0 Å². The van der Waals surface area contributed by atoms with Gasteiger partial charge in [0.2, 0.25) is 0 Å². The molecule has 2 heteroatoms. The van der Waals surface area contributed by atoms with Gasteiger partial charge in [0.1, 0.15) is 0 Å². The normalized spacial score (nSPS) is 35.8. The molecular formula is C10H21NS. The first kappa shape index (κ1) is 10.4. The van der Waals surface area contributed by atoms with Gasteiger partial charge in [0.05, 0.1) is 0 Å². The van der Waals surface area contributed by atoms with E-state index in [0.29, 0.717) is 6.04 Å². The average Bonchev–Trinajstić information content (AvgIpc) is 2.36. The molecular weight excluding hydrogens is 166 g/mol. The fourth-order valence-electron chi connectivity index (χ4n) is 2.18. The molecule has 0 aliphatic heterocycles. The maximum atomic E-state index is 5.97. The number of hydrogen-bond acceptors (Lipinski definition) is 2. The first-order chi connectivity index (χ1) is 5.75. The van der Waals surface area contributed by atoms with E-state index in [0.717, 1.165) is 11.8 Å². The van der Waals surface area contributed by atoms with Crippen molar-refractivity contribution in [1.82, 2.24) is 0 Å². The van der Waals surface area contributed by atoms with Crippen LogP contribution in [0.25, 0.3) is 0 Å². The Morgan fingerprint density at radius 3 is 2.67 bits per heavy atom. The maximum Gasteiger partial charge on any atom is 0.00672 e. The Morgan fingerprint density at radius 1 is 1.42 bits per heavy atom. The van der Waals surface area contributed by atoms with Gasteiger partial charge in [-0.1, -0.05) is 6.92 Å². The lowest BCUT2D eigenvalue weighted by atomic mass is 9.92. The zero-order chi connectivity index (χ0) is 8.97. The number of rotatable bonds is 4. The Hall–Kier alpha value is 0.310. The smallest absolute Gasteiger partial charge is 0.00672 e. The molecule has 3 atom stereocenters. The van der Waals surface area contributed by atoms with Crippen LogP contribution in [0.3, 0.4) is 0 Å². The van der Waals surface area contributed by atoms with Crippen LogP contribution in [0.2, 0.25) is 0 Å². The van der Waals surface area contributed by atoms with Crippen molar-refractivity contribution in [3.8, 4) is 0 Å². The van der Waals surface area contributed by atoms with E-state index in [9.17, 15) is 0 Å². The van der Waals surface area contributed by atoms with Crippen LogP contribution in [0.5, 0.6) is 0 Å². The Kier molecular flexibility index (Phi) is 4.44. The highest BCUT2D eigenvalue weighted by Gasteiger charge is 2.29. The highest BCUT2D eigenvalue weighted by atomic mass is 32.2. The van der Waals surface area contributed by atoms with Crippen molar-refractivity contribution in [3.63, 3.8) is 0 Å². The lowest BCUT2D eigenvalue weighted by Gasteiger charge is -2.17. The third-order valence-corrected chi connectivity index (χ3v) is 3.91. The SMILES string of the molecule is CSCCCC1CCC(N)C1C. The summed E-state index contributed by atoms with van der Waals surface area (Å²) in [7, 11) is 0. The quantitative estimate of drug-likeness (QED) is 0.684. The van der Waals surface area contributed by atoms with Crippen LogP contribution in [-0.4, -0.2) is 18.1 Å². The molecule has 0 bridgehead atoms. The van der Waals surface area contributed by atoms with Gasteiger partial charge in [0.25, 0.3) is 0 Å². The molecule has 0 radical (unpaired) electrons. The summed E-state index contributed by atoms with van der Waals surface area (Å²) in [6, 6.07) is 0.490. The van der Waals surface area contributed by atoms with Gasteiger partial charge < -0.3 is 5.73 Å².